The summed E-state index contributed by atoms with van der Waals surface area (Å²) >= 11 is 0. The Labute approximate surface area is 133 Å². The molecule has 0 bridgehead atoms. The number of halogens is 1. The smallest absolute Gasteiger partial charge is 0.243 e. The standard InChI is InChI=1S/C14H22N2O3S.ClH/c1-10-7-13(5-6-14(10)19-4)20(17,18)16-8-11(2)15-12(3)9-16;/h5-7,11-12,15H,8-9H2,1-4H3;1H. The Morgan fingerprint density at radius 1 is 1.24 bits per heavy atom. The SMILES string of the molecule is COc1ccc(S(=O)(=O)N2CC(C)NC(C)C2)cc1C.Cl. The van der Waals surface area contributed by atoms with E-state index in [1.165, 1.54) is 0 Å². The minimum absolute atomic E-state index is 0. The van der Waals surface area contributed by atoms with Gasteiger partial charge in [0.15, 0.2) is 0 Å². The molecule has 1 aliphatic rings. The van der Waals surface area contributed by atoms with Crippen molar-refractivity contribution in [3.8, 4) is 5.75 Å². The van der Waals surface area contributed by atoms with Crippen molar-refractivity contribution < 1.29 is 13.2 Å². The fourth-order valence-corrected chi connectivity index (χ4v) is 4.34. The molecule has 2 atom stereocenters. The predicted molar refractivity (Wildman–Crippen MR) is 85.8 cm³/mol. The predicted octanol–water partition coefficient (Wildman–Crippen LogP) is 1.80. The van der Waals surface area contributed by atoms with Gasteiger partial charge in [0.2, 0.25) is 10.0 Å². The molecular weight excluding hydrogens is 312 g/mol. The number of piperazine rings is 1. The second-order valence-corrected chi connectivity index (χ2v) is 7.36. The molecule has 1 saturated heterocycles. The van der Waals surface area contributed by atoms with Gasteiger partial charge in [0.1, 0.15) is 5.75 Å². The summed E-state index contributed by atoms with van der Waals surface area (Å²) in [5, 5.41) is 3.34. The third-order valence-electron chi connectivity index (χ3n) is 3.53. The van der Waals surface area contributed by atoms with Crippen LogP contribution in [0.2, 0.25) is 0 Å². The molecule has 2 unspecified atom stereocenters. The summed E-state index contributed by atoms with van der Waals surface area (Å²) in [5.41, 5.74) is 0.824. The number of rotatable bonds is 3. The lowest BCUT2D eigenvalue weighted by molar-refractivity contribution is 0.263. The molecule has 1 heterocycles. The zero-order valence-corrected chi connectivity index (χ0v) is 14.4. The second-order valence-electron chi connectivity index (χ2n) is 5.42. The maximum absolute atomic E-state index is 12.7. The Balaban J connectivity index is 0.00000220. The van der Waals surface area contributed by atoms with Crippen molar-refractivity contribution in [2.45, 2.75) is 37.8 Å². The highest BCUT2D eigenvalue weighted by molar-refractivity contribution is 7.89. The van der Waals surface area contributed by atoms with E-state index in [1.807, 2.05) is 20.8 Å². The van der Waals surface area contributed by atoms with E-state index in [0.29, 0.717) is 23.7 Å². The molecule has 1 N–H and O–H groups in total. The summed E-state index contributed by atoms with van der Waals surface area (Å²) in [6.07, 6.45) is 0. The van der Waals surface area contributed by atoms with Crippen LogP contribution >= 0.6 is 12.4 Å². The van der Waals surface area contributed by atoms with Gasteiger partial charge in [0.25, 0.3) is 0 Å². The van der Waals surface area contributed by atoms with E-state index in [9.17, 15) is 8.42 Å². The monoisotopic (exact) mass is 334 g/mol. The average Bonchev–Trinajstić information content (AvgIpc) is 2.37. The number of aryl methyl sites for hydroxylation is 1. The molecule has 1 aliphatic heterocycles. The molecule has 2 rings (SSSR count). The van der Waals surface area contributed by atoms with Crippen molar-refractivity contribution >= 4 is 22.4 Å². The summed E-state index contributed by atoms with van der Waals surface area (Å²) in [7, 11) is -1.86. The van der Waals surface area contributed by atoms with Gasteiger partial charge >= 0.3 is 0 Å². The Hall–Kier alpha value is -0.820. The first kappa shape index (κ1) is 18.2. The zero-order valence-electron chi connectivity index (χ0n) is 12.8. The van der Waals surface area contributed by atoms with E-state index >= 15 is 0 Å². The Morgan fingerprint density at radius 2 is 1.81 bits per heavy atom. The van der Waals surface area contributed by atoms with Gasteiger partial charge in [-0.3, -0.25) is 0 Å². The molecule has 21 heavy (non-hydrogen) atoms. The van der Waals surface area contributed by atoms with E-state index in [1.54, 1.807) is 29.6 Å². The fourth-order valence-electron chi connectivity index (χ4n) is 2.63. The van der Waals surface area contributed by atoms with Gasteiger partial charge < -0.3 is 10.1 Å². The number of nitrogens with zero attached hydrogens (tertiary/aromatic N) is 1. The molecule has 0 saturated carbocycles. The van der Waals surface area contributed by atoms with Crippen molar-refractivity contribution in [2.24, 2.45) is 0 Å². The van der Waals surface area contributed by atoms with E-state index in [0.717, 1.165) is 5.56 Å². The number of methoxy groups -OCH3 is 1. The quantitative estimate of drug-likeness (QED) is 0.915. The molecule has 5 nitrogen and oxygen atoms in total. The highest BCUT2D eigenvalue weighted by atomic mass is 35.5. The van der Waals surface area contributed by atoms with Crippen LogP contribution in [0.15, 0.2) is 23.1 Å². The third kappa shape index (κ3) is 3.88. The van der Waals surface area contributed by atoms with Crippen LogP contribution in [-0.2, 0) is 10.0 Å². The minimum Gasteiger partial charge on any atom is -0.496 e. The Kier molecular flexibility index (Phi) is 6.04. The highest BCUT2D eigenvalue weighted by Crippen LogP contribution is 2.24. The first-order valence-corrected chi connectivity index (χ1v) is 8.19. The number of nitrogens with one attached hydrogen (secondary N) is 1. The van der Waals surface area contributed by atoms with E-state index in [2.05, 4.69) is 5.32 Å². The van der Waals surface area contributed by atoms with E-state index < -0.39 is 10.0 Å². The summed E-state index contributed by atoms with van der Waals surface area (Å²) in [4.78, 5) is 0.331. The molecule has 0 aliphatic carbocycles. The van der Waals surface area contributed by atoms with E-state index in [-0.39, 0.29) is 24.5 Å². The third-order valence-corrected chi connectivity index (χ3v) is 5.36. The maximum Gasteiger partial charge on any atom is 0.243 e. The summed E-state index contributed by atoms with van der Waals surface area (Å²) < 4.78 is 32.1. The molecule has 7 heteroatoms. The number of ether oxygens (including phenoxy) is 1. The van der Waals surface area contributed by atoms with Crippen molar-refractivity contribution in [3.63, 3.8) is 0 Å². The van der Waals surface area contributed by atoms with Gasteiger partial charge in [-0.2, -0.15) is 4.31 Å². The Bertz CT molecular complexity index is 582. The van der Waals surface area contributed by atoms with Crippen LogP contribution in [-0.4, -0.2) is 45.0 Å². The summed E-state index contributed by atoms with van der Waals surface area (Å²) in [6, 6.07) is 5.31. The van der Waals surface area contributed by atoms with Crippen LogP contribution in [0.5, 0.6) is 5.75 Å². The molecule has 1 aromatic carbocycles. The highest BCUT2D eigenvalue weighted by Gasteiger charge is 2.31. The van der Waals surface area contributed by atoms with Crippen molar-refractivity contribution in [1.82, 2.24) is 9.62 Å². The van der Waals surface area contributed by atoms with Crippen molar-refractivity contribution in [3.05, 3.63) is 23.8 Å². The van der Waals surface area contributed by atoms with Crippen LogP contribution in [0.4, 0.5) is 0 Å². The van der Waals surface area contributed by atoms with E-state index in [4.69, 9.17) is 4.74 Å². The maximum atomic E-state index is 12.7. The van der Waals surface area contributed by atoms with Gasteiger partial charge in [-0.1, -0.05) is 0 Å². The molecule has 0 amide bonds. The second kappa shape index (κ2) is 6.96. The molecule has 0 aromatic heterocycles. The number of hydrogen-bond acceptors (Lipinski definition) is 4. The topological polar surface area (TPSA) is 58.6 Å². The van der Waals surface area contributed by atoms with Gasteiger partial charge in [-0.25, -0.2) is 8.42 Å². The Morgan fingerprint density at radius 3 is 2.29 bits per heavy atom. The van der Waals surface area contributed by atoms with Crippen LogP contribution in [0.1, 0.15) is 19.4 Å². The van der Waals surface area contributed by atoms with Gasteiger partial charge in [0, 0.05) is 25.2 Å². The molecule has 1 aromatic rings. The molecular formula is C14H23ClN2O3S. The summed E-state index contributed by atoms with van der Waals surface area (Å²) in [5.74, 6) is 0.700. The van der Waals surface area contributed by atoms with Crippen molar-refractivity contribution in [1.29, 1.82) is 0 Å². The van der Waals surface area contributed by atoms with Crippen LogP contribution in [0.25, 0.3) is 0 Å². The number of sulfonamides is 1. The van der Waals surface area contributed by atoms with Gasteiger partial charge in [-0.15, -0.1) is 12.4 Å². The number of hydrogen-bond donors (Lipinski definition) is 1. The van der Waals surface area contributed by atoms with Crippen LogP contribution in [0.3, 0.4) is 0 Å². The van der Waals surface area contributed by atoms with Crippen LogP contribution in [0, 0.1) is 6.92 Å². The lowest BCUT2D eigenvalue weighted by atomic mass is 10.2. The zero-order chi connectivity index (χ0) is 14.9. The normalized spacial score (nSPS) is 23.4. The molecule has 120 valence electrons. The largest absolute Gasteiger partial charge is 0.496 e. The first-order valence-electron chi connectivity index (χ1n) is 6.75. The average molecular weight is 335 g/mol. The van der Waals surface area contributed by atoms with Gasteiger partial charge in [-0.05, 0) is 44.5 Å². The first-order chi connectivity index (χ1) is 9.34. The minimum atomic E-state index is -3.44. The fraction of sp³-hybridized carbons (Fsp3) is 0.571. The van der Waals surface area contributed by atoms with Gasteiger partial charge in [0.05, 0.1) is 12.0 Å². The molecule has 0 spiro atoms. The lowest BCUT2D eigenvalue weighted by Crippen LogP contribution is -2.55. The van der Waals surface area contributed by atoms with Crippen LogP contribution < -0.4 is 10.1 Å². The molecule has 1 fully saturated rings. The number of benzene rings is 1. The summed E-state index contributed by atoms with van der Waals surface area (Å²) in [6.45, 7) is 6.84. The lowest BCUT2D eigenvalue weighted by Gasteiger charge is -2.35. The molecule has 0 radical (unpaired) electrons. The van der Waals surface area contributed by atoms with Crippen molar-refractivity contribution in [2.75, 3.05) is 20.2 Å².